The van der Waals surface area contributed by atoms with Crippen molar-refractivity contribution in [2.24, 2.45) is 17.8 Å². The topological polar surface area (TPSA) is 41.5 Å². The zero-order valence-corrected chi connectivity index (χ0v) is 10.8. The largest absolute Gasteiger partial charge is 0.389 e. The molecular formula is C13H25NO2. The first kappa shape index (κ1) is 12.3. The summed E-state index contributed by atoms with van der Waals surface area (Å²) >= 11 is 0. The van der Waals surface area contributed by atoms with Gasteiger partial charge in [-0.05, 0) is 18.3 Å². The van der Waals surface area contributed by atoms with Gasteiger partial charge < -0.3 is 15.2 Å². The van der Waals surface area contributed by atoms with Gasteiger partial charge in [0.25, 0.3) is 0 Å². The van der Waals surface area contributed by atoms with E-state index in [0.717, 1.165) is 6.42 Å². The monoisotopic (exact) mass is 227 g/mol. The number of ether oxygens (including phenoxy) is 1. The first-order chi connectivity index (χ1) is 7.50. The number of hydrogen-bond donors (Lipinski definition) is 2. The summed E-state index contributed by atoms with van der Waals surface area (Å²) in [4.78, 5) is 0. The van der Waals surface area contributed by atoms with E-state index in [0.29, 0.717) is 36.5 Å². The van der Waals surface area contributed by atoms with Crippen LogP contribution in [0.3, 0.4) is 0 Å². The summed E-state index contributed by atoms with van der Waals surface area (Å²) in [5, 5.41) is 13.5. The van der Waals surface area contributed by atoms with Gasteiger partial charge in [-0.25, -0.2) is 0 Å². The molecule has 2 aliphatic heterocycles. The van der Waals surface area contributed by atoms with Crippen molar-refractivity contribution in [3.8, 4) is 0 Å². The van der Waals surface area contributed by atoms with Crippen LogP contribution in [-0.4, -0.2) is 36.0 Å². The summed E-state index contributed by atoms with van der Waals surface area (Å²) in [7, 11) is 0. The first-order valence-corrected chi connectivity index (χ1v) is 6.56. The molecule has 2 aliphatic rings. The van der Waals surface area contributed by atoms with E-state index in [1.54, 1.807) is 0 Å². The Balaban J connectivity index is 2.16. The smallest absolute Gasteiger partial charge is 0.0927 e. The second-order valence-electron chi connectivity index (χ2n) is 6.04. The molecule has 0 aromatic rings. The molecule has 2 saturated heterocycles. The zero-order valence-electron chi connectivity index (χ0n) is 10.8. The molecule has 5 unspecified atom stereocenters. The van der Waals surface area contributed by atoms with Gasteiger partial charge in [0, 0.05) is 18.0 Å². The third-order valence-corrected chi connectivity index (χ3v) is 4.17. The lowest BCUT2D eigenvalue weighted by Crippen LogP contribution is -2.64. The third-order valence-electron chi connectivity index (χ3n) is 4.17. The van der Waals surface area contributed by atoms with Crippen molar-refractivity contribution < 1.29 is 9.84 Å². The number of fused-ring (bicyclic) bond motifs is 2. The average molecular weight is 227 g/mol. The van der Waals surface area contributed by atoms with E-state index in [-0.39, 0.29) is 12.1 Å². The minimum Gasteiger partial charge on any atom is -0.389 e. The standard InChI is InChI=1S/C13H25NO2/c1-7(2)12-11-5-9(10(15)6-16-11)14-13(12)8(3)4/h7-15H,5-6H2,1-4H3. The number of nitrogens with one attached hydrogen (secondary N) is 1. The SMILES string of the molecule is CC(C)C1NC2CC(OCC2O)C1C(C)C. The molecule has 0 aromatic carbocycles. The number of rotatable bonds is 2. The maximum atomic E-state index is 9.86. The maximum Gasteiger partial charge on any atom is 0.0927 e. The number of aliphatic hydroxyl groups excluding tert-OH is 1. The van der Waals surface area contributed by atoms with Gasteiger partial charge in [-0.1, -0.05) is 27.7 Å². The Kier molecular flexibility index (Phi) is 3.57. The van der Waals surface area contributed by atoms with Crippen molar-refractivity contribution in [1.82, 2.24) is 5.32 Å². The number of hydrogen-bond acceptors (Lipinski definition) is 3. The van der Waals surface area contributed by atoms with Gasteiger partial charge in [-0.3, -0.25) is 0 Å². The molecule has 0 aromatic heterocycles. The Labute approximate surface area is 98.6 Å². The molecule has 3 nitrogen and oxygen atoms in total. The summed E-state index contributed by atoms with van der Waals surface area (Å²) in [5.41, 5.74) is 0. The molecule has 0 spiro atoms. The second-order valence-corrected chi connectivity index (χ2v) is 6.04. The lowest BCUT2D eigenvalue weighted by molar-refractivity contribution is -0.139. The third kappa shape index (κ3) is 2.13. The van der Waals surface area contributed by atoms with Crippen molar-refractivity contribution in [3.63, 3.8) is 0 Å². The van der Waals surface area contributed by atoms with Crippen LogP contribution in [0.15, 0.2) is 0 Å². The van der Waals surface area contributed by atoms with Crippen LogP contribution in [0.4, 0.5) is 0 Å². The molecule has 2 bridgehead atoms. The van der Waals surface area contributed by atoms with Crippen LogP contribution < -0.4 is 5.32 Å². The van der Waals surface area contributed by atoms with Crippen molar-refractivity contribution in [3.05, 3.63) is 0 Å². The molecule has 94 valence electrons. The van der Waals surface area contributed by atoms with Gasteiger partial charge in [0.1, 0.15) is 0 Å². The highest BCUT2D eigenvalue weighted by Crippen LogP contribution is 2.36. The van der Waals surface area contributed by atoms with Crippen LogP contribution in [0.5, 0.6) is 0 Å². The second kappa shape index (κ2) is 4.63. The normalized spacial score (nSPS) is 44.1. The molecule has 2 N–H and O–H groups in total. The van der Waals surface area contributed by atoms with Gasteiger partial charge in [-0.2, -0.15) is 0 Å². The molecule has 16 heavy (non-hydrogen) atoms. The molecule has 5 atom stereocenters. The van der Waals surface area contributed by atoms with Crippen molar-refractivity contribution in [2.45, 2.75) is 58.4 Å². The lowest BCUT2D eigenvalue weighted by atomic mass is 9.72. The fourth-order valence-electron chi connectivity index (χ4n) is 3.33. The Bertz CT molecular complexity index is 242. The van der Waals surface area contributed by atoms with E-state index in [2.05, 4.69) is 33.0 Å². The van der Waals surface area contributed by atoms with Gasteiger partial charge in [-0.15, -0.1) is 0 Å². The Morgan fingerprint density at radius 1 is 1.19 bits per heavy atom. The molecular weight excluding hydrogens is 202 g/mol. The van der Waals surface area contributed by atoms with E-state index in [9.17, 15) is 5.11 Å². The summed E-state index contributed by atoms with van der Waals surface area (Å²) < 4.78 is 5.83. The predicted octanol–water partition coefficient (Wildman–Crippen LogP) is 1.40. The minimum absolute atomic E-state index is 0.237. The van der Waals surface area contributed by atoms with Gasteiger partial charge >= 0.3 is 0 Å². The van der Waals surface area contributed by atoms with Crippen LogP contribution in [0.25, 0.3) is 0 Å². The van der Waals surface area contributed by atoms with Gasteiger partial charge in [0.05, 0.1) is 18.8 Å². The maximum absolute atomic E-state index is 9.86. The number of piperidine rings is 1. The number of aliphatic hydroxyl groups is 1. The quantitative estimate of drug-likeness (QED) is 0.749. The zero-order chi connectivity index (χ0) is 11.9. The van der Waals surface area contributed by atoms with Crippen molar-refractivity contribution >= 4 is 0 Å². The van der Waals surface area contributed by atoms with E-state index in [1.807, 2.05) is 0 Å². The minimum atomic E-state index is -0.328. The van der Waals surface area contributed by atoms with Crippen LogP contribution in [0.2, 0.25) is 0 Å². The molecule has 2 fully saturated rings. The summed E-state index contributed by atoms with van der Waals surface area (Å²) in [6.07, 6.45) is 0.973. The summed E-state index contributed by atoms with van der Waals surface area (Å²) in [6.45, 7) is 9.55. The Morgan fingerprint density at radius 3 is 2.44 bits per heavy atom. The molecule has 2 rings (SSSR count). The highest BCUT2D eigenvalue weighted by molar-refractivity contribution is 4.99. The van der Waals surface area contributed by atoms with Crippen LogP contribution in [0, 0.1) is 17.8 Å². The molecule has 0 saturated carbocycles. The predicted molar refractivity (Wildman–Crippen MR) is 64.2 cm³/mol. The Hall–Kier alpha value is -0.120. The fraction of sp³-hybridized carbons (Fsp3) is 1.00. The van der Waals surface area contributed by atoms with Crippen LogP contribution in [-0.2, 0) is 4.74 Å². The summed E-state index contributed by atoms with van der Waals surface area (Å²) in [5.74, 6) is 1.79. The molecule has 3 heteroatoms. The molecule has 0 amide bonds. The van der Waals surface area contributed by atoms with Crippen molar-refractivity contribution in [2.75, 3.05) is 6.61 Å². The molecule has 0 radical (unpaired) electrons. The van der Waals surface area contributed by atoms with Crippen LogP contribution >= 0.6 is 0 Å². The van der Waals surface area contributed by atoms with Crippen molar-refractivity contribution in [1.29, 1.82) is 0 Å². The highest BCUT2D eigenvalue weighted by Gasteiger charge is 2.45. The van der Waals surface area contributed by atoms with E-state index >= 15 is 0 Å². The Morgan fingerprint density at radius 2 is 1.88 bits per heavy atom. The van der Waals surface area contributed by atoms with Gasteiger partial charge in [0.2, 0.25) is 0 Å². The molecule has 2 heterocycles. The van der Waals surface area contributed by atoms with Crippen LogP contribution in [0.1, 0.15) is 34.1 Å². The molecule has 0 aliphatic carbocycles. The van der Waals surface area contributed by atoms with Gasteiger partial charge in [0.15, 0.2) is 0 Å². The fourth-order valence-corrected chi connectivity index (χ4v) is 3.33. The first-order valence-electron chi connectivity index (χ1n) is 6.56. The highest BCUT2D eigenvalue weighted by atomic mass is 16.5. The van der Waals surface area contributed by atoms with E-state index in [1.165, 1.54) is 0 Å². The lowest BCUT2D eigenvalue weighted by Gasteiger charge is -2.50. The average Bonchev–Trinajstić information content (AvgIpc) is 2.22. The summed E-state index contributed by atoms with van der Waals surface area (Å²) in [6, 6.07) is 0.708. The van der Waals surface area contributed by atoms with E-state index in [4.69, 9.17) is 4.74 Å². The van der Waals surface area contributed by atoms with E-state index < -0.39 is 0 Å².